The number of aryl methyl sites for hydroxylation is 1. The van der Waals surface area contributed by atoms with Crippen LogP contribution in [0.25, 0.3) is 0 Å². The quantitative estimate of drug-likeness (QED) is 0.745. The first-order valence-corrected chi connectivity index (χ1v) is 6.68. The minimum absolute atomic E-state index is 0.170. The van der Waals surface area contributed by atoms with Crippen LogP contribution >= 0.6 is 15.9 Å². The lowest BCUT2D eigenvalue weighted by atomic mass is 10.1. The van der Waals surface area contributed by atoms with E-state index in [9.17, 15) is 4.39 Å². The van der Waals surface area contributed by atoms with E-state index in [1.807, 2.05) is 13.0 Å². The lowest BCUT2D eigenvalue weighted by Gasteiger charge is -2.25. The summed E-state index contributed by atoms with van der Waals surface area (Å²) in [6, 6.07) is 3.53. The van der Waals surface area contributed by atoms with Gasteiger partial charge < -0.3 is 4.90 Å². The standard InChI is InChI=1S/C13H17BrFN/c1-10-8-12(15)11(14)9-13(10)16-6-4-2-3-5-7-16/h8-9H,2-7H2,1H3. The average Bonchev–Trinajstić information content (AvgIpc) is 2.52. The molecule has 2 rings (SSSR count). The SMILES string of the molecule is Cc1cc(F)c(Br)cc1N1CCCCCC1. The third-order valence-corrected chi connectivity index (χ3v) is 3.79. The molecule has 0 spiro atoms. The molecule has 0 radical (unpaired) electrons. The molecule has 0 aliphatic carbocycles. The Hall–Kier alpha value is -0.570. The van der Waals surface area contributed by atoms with Crippen LogP contribution < -0.4 is 4.90 Å². The normalized spacial score (nSPS) is 17.3. The van der Waals surface area contributed by atoms with Crippen molar-refractivity contribution >= 4 is 21.6 Å². The zero-order chi connectivity index (χ0) is 11.5. The van der Waals surface area contributed by atoms with Gasteiger partial charge in [-0.1, -0.05) is 12.8 Å². The minimum atomic E-state index is -0.170. The van der Waals surface area contributed by atoms with Crippen molar-refractivity contribution in [3.05, 3.63) is 28.0 Å². The van der Waals surface area contributed by atoms with E-state index in [1.54, 1.807) is 6.07 Å². The predicted molar refractivity (Wildman–Crippen MR) is 69.5 cm³/mol. The zero-order valence-corrected chi connectivity index (χ0v) is 11.2. The molecular formula is C13H17BrFN. The van der Waals surface area contributed by atoms with Gasteiger partial charge in [0.15, 0.2) is 0 Å². The first-order valence-electron chi connectivity index (χ1n) is 5.89. The number of anilines is 1. The van der Waals surface area contributed by atoms with Gasteiger partial charge in [0.2, 0.25) is 0 Å². The van der Waals surface area contributed by atoms with Crippen LogP contribution in [0.2, 0.25) is 0 Å². The number of nitrogens with zero attached hydrogens (tertiary/aromatic N) is 1. The fourth-order valence-electron chi connectivity index (χ4n) is 2.29. The van der Waals surface area contributed by atoms with Crippen molar-refractivity contribution in [2.24, 2.45) is 0 Å². The molecule has 0 unspecified atom stereocenters. The molecule has 16 heavy (non-hydrogen) atoms. The lowest BCUT2D eigenvalue weighted by molar-refractivity contribution is 0.619. The lowest BCUT2D eigenvalue weighted by Crippen LogP contribution is -2.24. The number of halogens is 2. The summed E-state index contributed by atoms with van der Waals surface area (Å²) >= 11 is 3.26. The molecule has 0 atom stereocenters. The molecule has 3 heteroatoms. The van der Waals surface area contributed by atoms with E-state index in [1.165, 1.54) is 31.4 Å². The van der Waals surface area contributed by atoms with Gasteiger partial charge in [0.05, 0.1) is 4.47 Å². The zero-order valence-electron chi connectivity index (χ0n) is 9.60. The van der Waals surface area contributed by atoms with Crippen molar-refractivity contribution in [1.29, 1.82) is 0 Å². The average molecular weight is 286 g/mol. The Morgan fingerprint density at radius 2 is 1.75 bits per heavy atom. The smallest absolute Gasteiger partial charge is 0.137 e. The number of benzene rings is 1. The van der Waals surface area contributed by atoms with Crippen molar-refractivity contribution in [3.8, 4) is 0 Å². The summed E-state index contributed by atoms with van der Waals surface area (Å²) < 4.78 is 13.9. The summed E-state index contributed by atoms with van der Waals surface area (Å²) in [4.78, 5) is 2.38. The summed E-state index contributed by atoms with van der Waals surface area (Å²) in [6.07, 6.45) is 5.12. The monoisotopic (exact) mass is 285 g/mol. The van der Waals surface area contributed by atoms with Gasteiger partial charge in [0, 0.05) is 18.8 Å². The highest BCUT2D eigenvalue weighted by atomic mass is 79.9. The second-order valence-corrected chi connectivity index (χ2v) is 5.31. The Morgan fingerprint density at radius 1 is 1.12 bits per heavy atom. The third-order valence-electron chi connectivity index (χ3n) is 3.19. The van der Waals surface area contributed by atoms with Crippen LogP contribution in [-0.4, -0.2) is 13.1 Å². The molecule has 1 aliphatic heterocycles. The second kappa shape index (κ2) is 5.17. The fourth-order valence-corrected chi connectivity index (χ4v) is 2.62. The summed E-state index contributed by atoms with van der Waals surface area (Å²) in [5.41, 5.74) is 2.21. The molecule has 1 nitrogen and oxygen atoms in total. The molecule has 1 aliphatic rings. The van der Waals surface area contributed by atoms with Crippen molar-refractivity contribution in [1.82, 2.24) is 0 Å². The van der Waals surface area contributed by atoms with E-state index in [0.29, 0.717) is 4.47 Å². The fraction of sp³-hybridized carbons (Fsp3) is 0.538. The molecule has 0 amide bonds. The molecule has 1 aromatic rings. The molecule has 1 fully saturated rings. The topological polar surface area (TPSA) is 3.24 Å². The van der Waals surface area contributed by atoms with Crippen molar-refractivity contribution in [2.75, 3.05) is 18.0 Å². The van der Waals surface area contributed by atoms with E-state index in [2.05, 4.69) is 20.8 Å². The van der Waals surface area contributed by atoms with Gasteiger partial charge in [-0.05, 0) is 53.4 Å². The molecule has 88 valence electrons. The Bertz CT molecular complexity index is 370. The molecule has 1 aromatic carbocycles. The Kier molecular flexibility index (Phi) is 3.85. The molecule has 1 heterocycles. The Morgan fingerprint density at radius 3 is 2.38 bits per heavy atom. The van der Waals surface area contributed by atoms with Crippen molar-refractivity contribution < 1.29 is 4.39 Å². The summed E-state index contributed by atoms with van der Waals surface area (Å²) in [6.45, 7) is 4.17. The van der Waals surface area contributed by atoms with Crippen LogP contribution in [0, 0.1) is 12.7 Å². The molecular weight excluding hydrogens is 269 g/mol. The first kappa shape index (κ1) is 11.9. The minimum Gasteiger partial charge on any atom is -0.371 e. The van der Waals surface area contributed by atoms with Crippen LogP contribution in [-0.2, 0) is 0 Å². The molecule has 0 aromatic heterocycles. The second-order valence-electron chi connectivity index (χ2n) is 4.45. The molecule has 0 N–H and O–H groups in total. The highest BCUT2D eigenvalue weighted by Crippen LogP contribution is 2.28. The third kappa shape index (κ3) is 2.57. The van der Waals surface area contributed by atoms with E-state index in [0.717, 1.165) is 18.7 Å². The predicted octanol–water partition coefficient (Wildman–Crippen LogP) is 4.28. The summed E-state index contributed by atoms with van der Waals surface area (Å²) in [7, 11) is 0. The van der Waals surface area contributed by atoms with Crippen LogP contribution in [0.15, 0.2) is 16.6 Å². The largest absolute Gasteiger partial charge is 0.371 e. The van der Waals surface area contributed by atoms with Crippen molar-refractivity contribution in [2.45, 2.75) is 32.6 Å². The Balaban J connectivity index is 2.27. The first-order chi connectivity index (χ1) is 7.68. The van der Waals surface area contributed by atoms with E-state index < -0.39 is 0 Å². The van der Waals surface area contributed by atoms with Crippen molar-refractivity contribution in [3.63, 3.8) is 0 Å². The van der Waals surface area contributed by atoms with E-state index >= 15 is 0 Å². The number of rotatable bonds is 1. The van der Waals surface area contributed by atoms with Gasteiger partial charge in [0.1, 0.15) is 5.82 Å². The highest BCUT2D eigenvalue weighted by molar-refractivity contribution is 9.10. The maximum absolute atomic E-state index is 13.3. The Labute approximate surface area is 105 Å². The van der Waals surface area contributed by atoms with Gasteiger partial charge in [-0.15, -0.1) is 0 Å². The van der Waals surface area contributed by atoms with Crippen LogP contribution in [0.5, 0.6) is 0 Å². The summed E-state index contributed by atoms with van der Waals surface area (Å²) in [5.74, 6) is -0.170. The van der Waals surface area contributed by atoms with Crippen LogP contribution in [0.1, 0.15) is 31.2 Å². The van der Waals surface area contributed by atoms with E-state index in [-0.39, 0.29) is 5.82 Å². The maximum Gasteiger partial charge on any atom is 0.137 e. The number of hydrogen-bond donors (Lipinski definition) is 0. The highest BCUT2D eigenvalue weighted by Gasteiger charge is 2.13. The van der Waals surface area contributed by atoms with Gasteiger partial charge >= 0.3 is 0 Å². The van der Waals surface area contributed by atoms with Gasteiger partial charge in [-0.2, -0.15) is 0 Å². The van der Waals surface area contributed by atoms with Gasteiger partial charge in [0.25, 0.3) is 0 Å². The van der Waals surface area contributed by atoms with Gasteiger partial charge in [-0.25, -0.2) is 4.39 Å². The maximum atomic E-state index is 13.3. The molecule has 1 saturated heterocycles. The molecule has 0 saturated carbocycles. The van der Waals surface area contributed by atoms with E-state index in [4.69, 9.17) is 0 Å². The van der Waals surface area contributed by atoms with Gasteiger partial charge in [-0.3, -0.25) is 0 Å². The van der Waals surface area contributed by atoms with Crippen LogP contribution in [0.4, 0.5) is 10.1 Å². The number of hydrogen-bond acceptors (Lipinski definition) is 1. The van der Waals surface area contributed by atoms with Crippen LogP contribution in [0.3, 0.4) is 0 Å². The molecule has 0 bridgehead atoms. The summed E-state index contributed by atoms with van der Waals surface area (Å²) in [5, 5.41) is 0.